The van der Waals surface area contributed by atoms with E-state index in [-0.39, 0.29) is 11.8 Å². The van der Waals surface area contributed by atoms with E-state index in [1.54, 1.807) is 13.3 Å². The fourth-order valence-electron chi connectivity index (χ4n) is 2.38. The summed E-state index contributed by atoms with van der Waals surface area (Å²) < 4.78 is 5.26. The highest BCUT2D eigenvalue weighted by Gasteiger charge is 2.23. The smallest absolute Gasteiger partial charge is 0.239 e. The molecule has 1 fully saturated rings. The van der Waals surface area contributed by atoms with Gasteiger partial charge in [0.2, 0.25) is 11.8 Å². The average molecular weight is 278 g/mol. The Kier molecular flexibility index (Phi) is 4.79. The largest absolute Gasteiger partial charge is 0.479 e. The summed E-state index contributed by atoms with van der Waals surface area (Å²) in [4.78, 5) is 18.4. The van der Waals surface area contributed by atoms with Gasteiger partial charge in [-0.2, -0.15) is 0 Å². The fraction of sp³-hybridized carbons (Fsp3) is 0.571. The molecule has 6 nitrogen and oxygen atoms in total. The minimum absolute atomic E-state index is 0.00340. The third-order valence-corrected chi connectivity index (χ3v) is 3.49. The van der Waals surface area contributed by atoms with Crippen LogP contribution in [-0.4, -0.2) is 45.2 Å². The van der Waals surface area contributed by atoms with Crippen LogP contribution in [0.1, 0.15) is 12.8 Å². The van der Waals surface area contributed by atoms with E-state index < -0.39 is 0 Å². The first-order chi connectivity index (χ1) is 9.63. The van der Waals surface area contributed by atoms with E-state index in [4.69, 9.17) is 4.74 Å². The van der Waals surface area contributed by atoms with Crippen molar-refractivity contribution in [1.29, 1.82) is 0 Å². The van der Waals surface area contributed by atoms with Crippen molar-refractivity contribution in [1.82, 2.24) is 10.3 Å². The Bertz CT molecular complexity index is 470. The number of pyridine rings is 1. The van der Waals surface area contributed by atoms with Gasteiger partial charge >= 0.3 is 0 Å². The molecular weight excluding hydrogens is 256 g/mol. The lowest BCUT2D eigenvalue weighted by molar-refractivity contribution is -0.120. The lowest BCUT2D eigenvalue weighted by Gasteiger charge is -2.24. The number of aromatic nitrogens is 1. The number of hydrogen-bond acceptors (Lipinski definition) is 5. The lowest BCUT2D eigenvalue weighted by atomic mass is 9.99. The van der Waals surface area contributed by atoms with Gasteiger partial charge in [-0.05, 0) is 25.5 Å². The first-order valence-corrected chi connectivity index (χ1v) is 6.85. The number of carbonyl (C=O) groups excluding carboxylic acids is 1. The number of amides is 1. The second kappa shape index (κ2) is 6.56. The van der Waals surface area contributed by atoms with Gasteiger partial charge in [-0.25, -0.2) is 4.98 Å². The number of nitrogens with zero attached hydrogens (tertiary/aromatic N) is 2. The number of carbonyl (C=O) groups is 1. The van der Waals surface area contributed by atoms with Crippen LogP contribution in [0.15, 0.2) is 12.3 Å². The molecule has 0 radical (unpaired) electrons. The summed E-state index contributed by atoms with van der Waals surface area (Å²) >= 11 is 0. The van der Waals surface area contributed by atoms with Crippen LogP contribution in [-0.2, 0) is 4.79 Å². The predicted octanol–water partition coefficient (Wildman–Crippen LogP) is 1.09. The van der Waals surface area contributed by atoms with Gasteiger partial charge in [-0.15, -0.1) is 0 Å². The molecule has 1 aromatic rings. The second-order valence-corrected chi connectivity index (χ2v) is 5.14. The summed E-state index contributed by atoms with van der Waals surface area (Å²) in [5.74, 6) is 0.462. The molecule has 2 heterocycles. The van der Waals surface area contributed by atoms with Gasteiger partial charge in [0.1, 0.15) is 5.69 Å². The molecule has 0 saturated carbocycles. The van der Waals surface area contributed by atoms with Gasteiger partial charge in [0.05, 0.1) is 18.7 Å². The Balaban J connectivity index is 2.20. The van der Waals surface area contributed by atoms with Crippen molar-refractivity contribution in [2.75, 3.05) is 44.5 Å². The lowest BCUT2D eigenvalue weighted by Crippen LogP contribution is -2.37. The van der Waals surface area contributed by atoms with E-state index in [1.807, 2.05) is 25.1 Å². The fourth-order valence-corrected chi connectivity index (χ4v) is 2.38. The van der Waals surface area contributed by atoms with Crippen molar-refractivity contribution in [2.45, 2.75) is 12.8 Å². The third-order valence-electron chi connectivity index (χ3n) is 3.49. The zero-order valence-corrected chi connectivity index (χ0v) is 12.3. The first-order valence-electron chi connectivity index (χ1n) is 6.85. The van der Waals surface area contributed by atoms with E-state index >= 15 is 0 Å². The zero-order chi connectivity index (χ0) is 14.5. The topological polar surface area (TPSA) is 66.5 Å². The van der Waals surface area contributed by atoms with Crippen LogP contribution in [0.2, 0.25) is 0 Å². The number of hydrogen-bond donors (Lipinski definition) is 2. The summed E-state index contributed by atoms with van der Waals surface area (Å²) in [5.41, 5.74) is 1.52. The molecular formula is C14H22N4O2. The molecule has 0 aliphatic carbocycles. The highest BCUT2D eigenvalue weighted by molar-refractivity contribution is 5.97. The number of piperidine rings is 1. The quantitative estimate of drug-likeness (QED) is 0.863. The number of anilines is 2. The van der Waals surface area contributed by atoms with Gasteiger partial charge in [0, 0.05) is 26.8 Å². The summed E-state index contributed by atoms with van der Waals surface area (Å²) in [6, 6.07) is 1.86. The number of nitrogens with one attached hydrogen (secondary N) is 2. The van der Waals surface area contributed by atoms with Crippen LogP contribution in [0.5, 0.6) is 5.88 Å². The molecule has 110 valence electrons. The van der Waals surface area contributed by atoms with Crippen LogP contribution in [0.25, 0.3) is 0 Å². The molecule has 2 rings (SSSR count). The van der Waals surface area contributed by atoms with Crippen LogP contribution in [0.4, 0.5) is 11.4 Å². The summed E-state index contributed by atoms with van der Waals surface area (Å²) in [5, 5.41) is 6.22. The summed E-state index contributed by atoms with van der Waals surface area (Å²) in [7, 11) is 5.40. The molecule has 0 bridgehead atoms. The standard InChI is InChI=1S/C14H22N4O2/c1-18(2)11-6-8-16-14(20-3)12(11)17-13(19)10-5-4-7-15-9-10/h6,8,10,15H,4-5,7,9H2,1-3H3,(H,17,19). The van der Waals surface area contributed by atoms with Crippen molar-refractivity contribution in [3.8, 4) is 5.88 Å². The molecule has 6 heteroatoms. The molecule has 1 amide bonds. The maximum absolute atomic E-state index is 12.4. The Hall–Kier alpha value is -1.82. The molecule has 1 saturated heterocycles. The SMILES string of the molecule is COc1nccc(N(C)C)c1NC(=O)C1CCCNC1. The molecule has 1 atom stereocenters. The number of methoxy groups -OCH3 is 1. The van der Waals surface area contributed by atoms with Gasteiger partial charge in [0.15, 0.2) is 0 Å². The zero-order valence-electron chi connectivity index (χ0n) is 12.3. The predicted molar refractivity (Wildman–Crippen MR) is 79.3 cm³/mol. The molecule has 0 spiro atoms. The number of rotatable bonds is 4. The molecule has 2 N–H and O–H groups in total. The average Bonchev–Trinajstić information content (AvgIpc) is 2.48. The maximum atomic E-state index is 12.4. The molecule has 1 aliphatic heterocycles. The molecule has 1 aromatic heterocycles. The Morgan fingerprint density at radius 2 is 2.35 bits per heavy atom. The van der Waals surface area contributed by atoms with Crippen LogP contribution in [0.3, 0.4) is 0 Å². The minimum atomic E-state index is 0.00340. The summed E-state index contributed by atoms with van der Waals surface area (Å²) in [6.07, 6.45) is 3.62. The molecule has 0 aromatic carbocycles. The van der Waals surface area contributed by atoms with E-state index in [9.17, 15) is 4.79 Å². The third kappa shape index (κ3) is 3.19. The van der Waals surface area contributed by atoms with Gasteiger partial charge in [0.25, 0.3) is 0 Å². The van der Waals surface area contributed by atoms with Crippen molar-refractivity contribution >= 4 is 17.3 Å². The summed E-state index contributed by atoms with van der Waals surface area (Å²) in [6.45, 7) is 1.72. The maximum Gasteiger partial charge on any atom is 0.239 e. The molecule has 20 heavy (non-hydrogen) atoms. The van der Waals surface area contributed by atoms with Gasteiger partial charge < -0.3 is 20.3 Å². The minimum Gasteiger partial charge on any atom is -0.479 e. The van der Waals surface area contributed by atoms with E-state index in [2.05, 4.69) is 15.6 Å². The van der Waals surface area contributed by atoms with E-state index in [1.165, 1.54) is 0 Å². The Morgan fingerprint density at radius 1 is 1.55 bits per heavy atom. The van der Waals surface area contributed by atoms with E-state index in [0.29, 0.717) is 11.6 Å². The van der Waals surface area contributed by atoms with Crippen LogP contribution < -0.4 is 20.3 Å². The van der Waals surface area contributed by atoms with Crippen molar-refractivity contribution < 1.29 is 9.53 Å². The second-order valence-electron chi connectivity index (χ2n) is 5.14. The van der Waals surface area contributed by atoms with Crippen molar-refractivity contribution in [2.24, 2.45) is 5.92 Å². The highest BCUT2D eigenvalue weighted by atomic mass is 16.5. The van der Waals surface area contributed by atoms with Crippen molar-refractivity contribution in [3.05, 3.63) is 12.3 Å². The van der Waals surface area contributed by atoms with Gasteiger partial charge in [-0.1, -0.05) is 0 Å². The first kappa shape index (κ1) is 14.6. The Labute approximate surface area is 119 Å². The van der Waals surface area contributed by atoms with Crippen LogP contribution in [0, 0.1) is 5.92 Å². The van der Waals surface area contributed by atoms with Crippen molar-refractivity contribution in [3.63, 3.8) is 0 Å². The monoisotopic (exact) mass is 278 g/mol. The Morgan fingerprint density at radius 3 is 2.95 bits per heavy atom. The normalized spacial score (nSPS) is 18.4. The molecule has 1 unspecified atom stereocenters. The number of ether oxygens (including phenoxy) is 1. The van der Waals surface area contributed by atoms with Crippen LogP contribution >= 0.6 is 0 Å². The van der Waals surface area contributed by atoms with E-state index in [0.717, 1.165) is 31.6 Å². The van der Waals surface area contributed by atoms with Gasteiger partial charge in [-0.3, -0.25) is 4.79 Å². The highest BCUT2D eigenvalue weighted by Crippen LogP contribution is 2.32. The molecule has 1 aliphatic rings.